The average Bonchev–Trinajstić information content (AvgIpc) is 2.94. The van der Waals surface area contributed by atoms with Crippen molar-refractivity contribution in [1.82, 2.24) is 15.2 Å². The number of urea groups is 1. The molecule has 2 amide bonds. The highest BCUT2D eigenvalue weighted by Gasteiger charge is 2.11. The Hall–Kier alpha value is -2.72. The zero-order valence-corrected chi connectivity index (χ0v) is 16.4. The molecule has 0 aliphatic rings. The Morgan fingerprint density at radius 2 is 1.78 bits per heavy atom. The molecule has 2 aromatic carbocycles. The molecule has 0 fully saturated rings. The quantitative estimate of drug-likeness (QED) is 0.633. The van der Waals surface area contributed by atoms with Gasteiger partial charge in [0.25, 0.3) is 0 Å². The highest BCUT2D eigenvalue weighted by atomic mass is 35.5. The van der Waals surface area contributed by atoms with Gasteiger partial charge in [-0.25, -0.2) is 4.79 Å². The molecule has 0 saturated heterocycles. The van der Waals surface area contributed by atoms with Gasteiger partial charge in [-0.1, -0.05) is 48.0 Å². The van der Waals surface area contributed by atoms with Gasteiger partial charge in [0, 0.05) is 35.2 Å². The molecule has 0 radical (unpaired) electrons. The fraction of sp³-hybridized carbons (Fsp3) is 0.227. The van der Waals surface area contributed by atoms with Crippen molar-refractivity contribution in [3.8, 4) is 5.69 Å². The summed E-state index contributed by atoms with van der Waals surface area (Å²) in [4.78, 5) is 12.1. The molecule has 1 heterocycles. The summed E-state index contributed by atoms with van der Waals surface area (Å²) in [5, 5.41) is 6.55. The Balaban J connectivity index is 1.57. The predicted molar refractivity (Wildman–Crippen MR) is 111 cm³/mol. The minimum absolute atomic E-state index is 0.154. The van der Waals surface area contributed by atoms with Gasteiger partial charge in [0.1, 0.15) is 0 Å². The van der Waals surface area contributed by atoms with Gasteiger partial charge in [-0.2, -0.15) is 0 Å². The Labute approximate surface area is 165 Å². The van der Waals surface area contributed by atoms with Crippen LogP contribution in [0.3, 0.4) is 0 Å². The number of carbonyl (C=O) groups is 1. The highest BCUT2D eigenvalue weighted by Crippen LogP contribution is 2.22. The third kappa shape index (κ3) is 4.92. The van der Waals surface area contributed by atoms with Crippen molar-refractivity contribution < 1.29 is 4.79 Å². The predicted octanol–water partition coefficient (Wildman–Crippen LogP) is 4.79. The maximum atomic E-state index is 12.1. The minimum atomic E-state index is -0.154. The van der Waals surface area contributed by atoms with Crippen LogP contribution in [0, 0.1) is 13.8 Å². The summed E-state index contributed by atoms with van der Waals surface area (Å²) in [5.74, 6) is 0. The number of carbonyl (C=O) groups excluding carboxylic acids is 1. The second-order valence-electron chi connectivity index (χ2n) is 6.56. The van der Waals surface area contributed by atoms with Gasteiger partial charge in [-0.05, 0) is 55.7 Å². The fourth-order valence-electron chi connectivity index (χ4n) is 3.22. The molecule has 3 rings (SSSR count). The summed E-state index contributed by atoms with van der Waals surface area (Å²) in [7, 11) is 0. The van der Waals surface area contributed by atoms with Crippen molar-refractivity contribution >= 4 is 17.6 Å². The number of nitrogens with zero attached hydrogens (tertiary/aromatic N) is 1. The lowest BCUT2D eigenvalue weighted by Crippen LogP contribution is -2.36. The normalized spacial score (nSPS) is 10.6. The van der Waals surface area contributed by atoms with Gasteiger partial charge in [0.05, 0.1) is 0 Å². The van der Waals surface area contributed by atoms with E-state index in [1.54, 1.807) is 0 Å². The molecule has 0 spiro atoms. The van der Waals surface area contributed by atoms with Crippen molar-refractivity contribution in [3.63, 3.8) is 0 Å². The van der Waals surface area contributed by atoms with Crippen LogP contribution in [-0.4, -0.2) is 17.1 Å². The average molecular weight is 382 g/mol. The van der Waals surface area contributed by atoms with Crippen molar-refractivity contribution in [1.29, 1.82) is 0 Å². The van der Waals surface area contributed by atoms with Crippen LogP contribution in [0.5, 0.6) is 0 Å². The number of aryl methyl sites for hydroxylation is 1. The van der Waals surface area contributed by atoms with Crippen LogP contribution >= 0.6 is 11.6 Å². The third-order valence-electron chi connectivity index (χ3n) is 4.58. The molecule has 0 unspecified atom stereocenters. The van der Waals surface area contributed by atoms with Crippen LogP contribution in [0.4, 0.5) is 4.79 Å². The number of hydrogen-bond donors (Lipinski definition) is 2. The van der Waals surface area contributed by atoms with Gasteiger partial charge in [-0.15, -0.1) is 0 Å². The molecule has 0 atom stereocenters. The van der Waals surface area contributed by atoms with E-state index in [4.69, 9.17) is 11.6 Å². The molecule has 0 aliphatic carbocycles. The lowest BCUT2D eigenvalue weighted by atomic mass is 10.1. The van der Waals surface area contributed by atoms with Crippen LogP contribution in [0.1, 0.15) is 22.5 Å². The lowest BCUT2D eigenvalue weighted by Gasteiger charge is -2.11. The number of hydrogen-bond acceptors (Lipinski definition) is 1. The first kappa shape index (κ1) is 19.1. The SMILES string of the molecule is Cc1cc(CNC(=O)NCCc2ccccc2)c(C)n1-c1cccc(Cl)c1. The maximum Gasteiger partial charge on any atom is 0.315 e. The summed E-state index contributed by atoms with van der Waals surface area (Å²) in [6.07, 6.45) is 0.817. The molecule has 5 heteroatoms. The van der Waals surface area contributed by atoms with Crippen LogP contribution < -0.4 is 10.6 Å². The third-order valence-corrected chi connectivity index (χ3v) is 4.82. The standard InChI is InChI=1S/C22H24ClN3O/c1-16-13-19(17(2)26(16)21-10-6-9-20(23)14-21)15-25-22(27)24-12-11-18-7-4-3-5-8-18/h3-10,13-14H,11-12,15H2,1-2H3,(H2,24,25,27). The van der Waals surface area contributed by atoms with Crippen LogP contribution in [0.2, 0.25) is 5.02 Å². The first-order chi connectivity index (χ1) is 13.0. The zero-order valence-electron chi connectivity index (χ0n) is 15.6. The Kier molecular flexibility index (Phi) is 6.20. The summed E-state index contributed by atoms with van der Waals surface area (Å²) in [6.45, 7) is 5.20. The summed E-state index contributed by atoms with van der Waals surface area (Å²) >= 11 is 6.12. The van der Waals surface area contributed by atoms with Crippen LogP contribution in [0.15, 0.2) is 60.7 Å². The minimum Gasteiger partial charge on any atom is -0.338 e. The number of halogens is 1. The van der Waals surface area contributed by atoms with Crippen LogP contribution in [-0.2, 0) is 13.0 Å². The molecule has 4 nitrogen and oxygen atoms in total. The summed E-state index contributed by atoms with van der Waals surface area (Å²) in [6, 6.07) is 19.8. The van der Waals surface area contributed by atoms with Crippen molar-refractivity contribution in [2.24, 2.45) is 0 Å². The van der Waals surface area contributed by atoms with Gasteiger partial charge in [0.2, 0.25) is 0 Å². The van der Waals surface area contributed by atoms with Gasteiger partial charge < -0.3 is 15.2 Å². The Morgan fingerprint density at radius 3 is 2.52 bits per heavy atom. The van der Waals surface area contributed by atoms with Gasteiger partial charge in [-0.3, -0.25) is 0 Å². The van der Waals surface area contributed by atoms with Crippen LogP contribution in [0.25, 0.3) is 5.69 Å². The Morgan fingerprint density at radius 1 is 1.00 bits per heavy atom. The number of benzene rings is 2. The Bertz CT molecular complexity index is 919. The fourth-order valence-corrected chi connectivity index (χ4v) is 3.41. The molecule has 0 aliphatic heterocycles. The molecule has 2 N–H and O–H groups in total. The van der Waals surface area contributed by atoms with E-state index in [1.165, 1.54) is 5.56 Å². The second kappa shape index (κ2) is 8.78. The van der Waals surface area contributed by atoms with E-state index in [-0.39, 0.29) is 6.03 Å². The second-order valence-corrected chi connectivity index (χ2v) is 6.99. The molecule has 140 valence electrons. The number of nitrogens with one attached hydrogen (secondary N) is 2. The van der Waals surface area contributed by atoms with E-state index in [2.05, 4.69) is 47.2 Å². The van der Waals surface area contributed by atoms with Gasteiger partial charge in [0.15, 0.2) is 0 Å². The smallest absolute Gasteiger partial charge is 0.315 e. The summed E-state index contributed by atoms with van der Waals surface area (Å²) < 4.78 is 2.15. The van der Waals surface area contributed by atoms with E-state index in [0.717, 1.165) is 29.1 Å². The first-order valence-corrected chi connectivity index (χ1v) is 9.42. The first-order valence-electron chi connectivity index (χ1n) is 9.04. The molecular formula is C22H24ClN3O. The largest absolute Gasteiger partial charge is 0.338 e. The van der Waals surface area contributed by atoms with E-state index in [0.29, 0.717) is 18.1 Å². The number of aromatic nitrogens is 1. The van der Waals surface area contributed by atoms with E-state index < -0.39 is 0 Å². The molecule has 1 aromatic heterocycles. The highest BCUT2D eigenvalue weighted by molar-refractivity contribution is 6.30. The lowest BCUT2D eigenvalue weighted by molar-refractivity contribution is 0.240. The van der Waals surface area contributed by atoms with Crippen molar-refractivity contribution in [2.45, 2.75) is 26.8 Å². The number of amides is 2. The van der Waals surface area contributed by atoms with E-state index in [9.17, 15) is 4.79 Å². The van der Waals surface area contributed by atoms with E-state index >= 15 is 0 Å². The van der Waals surface area contributed by atoms with Crippen molar-refractivity contribution in [2.75, 3.05) is 6.54 Å². The molecule has 0 saturated carbocycles. The summed E-state index contributed by atoms with van der Waals surface area (Å²) in [5.41, 5.74) is 5.53. The zero-order chi connectivity index (χ0) is 19.2. The molecule has 27 heavy (non-hydrogen) atoms. The molecule has 0 bridgehead atoms. The van der Waals surface area contributed by atoms with Crippen molar-refractivity contribution in [3.05, 3.63) is 88.2 Å². The molecular weight excluding hydrogens is 358 g/mol. The monoisotopic (exact) mass is 381 g/mol. The van der Waals surface area contributed by atoms with E-state index in [1.807, 2.05) is 42.5 Å². The molecule has 3 aromatic rings. The number of rotatable bonds is 6. The topological polar surface area (TPSA) is 46.1 Å². The van der Waals surface area contributed by atoms with Gasteiger partial charge >= 0.3 is 6.03 Å². The maximum absolute atomic E-state index is 12.1.